The number of nitrogens with zero attached hydrogens (tertiary/aromatic N) is 3. The second-order valence-corrected chi connectivity index (χ2v) is 6.20. The summed E-state index contributed by atoms with van der Waals surface area (Å²) in [5.41, 5.74) is 1.57. The summed E-state index contributed by atoms with van der Waals surface area (Å²) in [5.74, 6) is 1.55. The Morgan fingerprint density at radius 2 is 2.12 bits per heavy atom. The number of H-pyrrole nitrogens is 1. The minimum absolute atomic E-state index is 0.0453. The van der Waals surface area contributed by atoms with Crippen LogP contribution in [-0.2, 0) is 6.42 Å². The van der Waals surface area contributed by atoms with Gasteiger partial charge in [-0.05, 0) is 37.8 Å². The van der Waals surface area contributed by atoms with E-state index in [1.165, 1.54) is 0 Å². The van der Waals surface area contributed by atoms with Crippen LogP contribution < -0.4 is 0 Å². The summed E-state index contributed by atoms with van der Waals surface area (Å²) >= 11 is 0. The first kappa shape index (κ1) is 16.6. The zero-order chi connectivity index (χ0) is 16.9. The summed E-state index contributed by atoms with van der Waals surface area (Å²) in [7, 11) is 0. The van der Waals surface area contributed by atoms with Crippen LogP contribution in [0.3, 0.4) is 0 Å². The van der Waals surface area contributed by atoms with Gasteiger partial charge >= 0.3 is 0 Å². The Morgan fingerprint density at radius 3 is 2.79 bits per heavy atom. The number of aliphatic hydroxyl groups is 1. The fourth-order valence-corrected chi connectivity index (χ4v) is 3.23. The fraction of sp³-hybridized carbons (Fsp3) is 0.500. The molecule has 3 rings (SSSR count). The molecule has 1 aromatic carbocycles. The van der Waals surface area contributed by atoms with Crippen molar-refractivity contribution in [1.82, 2.24) is 20.1 Å². The molecular formula is C18H24N4O2. The summed E-state index contributed by atoms with van der Waals surface area (Å²) in [4.78, 5) is 19.1. The van der Waals surface area contributed by atoms with Gasteiger partial charge in [-0.15, -0.1) is 0 Å². The normalized spacial score (nSPS) is 17.9. The number of carbonyl (C=O) groups is 1. The molecule has 1 aromatic heterocycles. The van der Waals surface area contributed by atoms with Crippen molar-refractivity contribution in [3.8, 4) is 11.4 Å². The molecule has 0 spiro atoms. The molecule has 1 aliphatic heterocycles. The Balaban J connectivity index is 1.75. The lowest BCUT2D eigenvalue weighted by atomic mass is 9.98. The number of aromatic amines is 1. The van der Waals surface area contributed by atoms with Gasteiger partial charge in [0.2, 0.25) is 0 Å². The quantitative estimate of drug-likeness (QED) is 0.883. The smallest absolute Gasteiger partial charge is 0.254 e. The number of amides is 1. The zero-order valence-electron chi connectivity index (χ0n) is 14.0. The lowest BCUT2D eigenvalue weighted by Gasteiger charge is -2.35. The van der Waals surface area contributed by atoms with E-state index in [0.29, 0.717) is 17.8 Å². The maximum absolute atomic E-state index is 12.8. The molecular weight excluding hydrogens is 304 g/mol. The number of aliphatic hydroxyl groups excluding tert-OH is 1. The van der Waals surface area contributed by atoms with Crippen molar-refractivity contribution in [3.05, 3.63) is 35.7 Å². The van der Waals surface area contributed by atoms with Crippen molar-refractivity contribution in [1.29, 1.82) is 0 Å². The molecule has 1 fully saturated rings. The Bertz CT molecular complexity index is 679. The third-order valence-corrected chi connectivity index (χ3v) is 4.61. The number of nitrogens with one attached hydrogen (secondary N) is 1. The van der Waals surface area contributed by atoms with Crippen LogP contribution in [0.4, 0.5) is 0 Å². The first-order valence-corrected chi connectivity index (χ1v) is 8.66. The van der Waals surface area contributed by atoms with Crippen molar-refractivity contribution in [2.24, 2.45) is 0 Å². The maximum Gasteiger partial charge on any atom is 0.254 e. The summed E-state index contributed by atoms with van der Waals surface area (Å²) in [5, 5.41) is 16.3. The van der Waals surface area contributed by atoms with Gasteiger partial charge in [-0.25, -0.2) is 4.98 Å². The maximum atomic E-state index is 12.8. The minimum Gasteiger partial charge on any atom is -0.396 e. The van der Waals surface area contributed by atoms with Crippen LogP contribution in [0.5, 0.6) is 0 Å². The molecule has 1 amide bonds. The second kappa shape index (κ2) is 7.57. The number of hydrogen-bond donors (Lipinski definition) is 2. The van der Waals surface area contributed by atoms with Crippen LogP contribution in [0.15, 0.2) is 24.3 Å². The molecule has 0 aliphatic carbocycles. The van der Waals surface area contributed by atoms with E-state index in [-0.39, 0.29) is 18.6 Å². The van der Waals surface area contributed by atoms with E-state index in [4.69, 9.17) is 0 Å². The van der Waals surface area contributed by atoms with Crippen molar-refractivity contribution < 1.29 is 9.90 Å². The molecule has 1 unspecified atom stereocenters. The summed E-state index contributed by atoms with van der Waals surface area (Å²) < 4.78 is 0. The van der Waals surface area contributed by atoms with Crippen LogP contribution in [-0.4, -0.2) is 50.3 Å². The average Bonchev–Trinajstić information content (AvgIpc) is 3.11. The van der Waals surface area contributed by atoms with E-state index in [1.807, 2.05) is 36.1 Å². The summed E-state index contributed by atoms with van der Waals surface area (Å²) in [6.45, 7) is 2.91. The van der Waals surface area contributed by atoms with Crippen LogP contribution in [0.25, 0.3) is 11.4 Å². The predicted octanol–water partition coefficient (Wildman–Crippen LogP) is 2.41. The lowest BCUT2D eigenvalue weighted by molar-refractivity contribution is 0.0574. The third kappa shape index (κ3) is 3.48. The van der Waals surface area contributed by atoms with Gasteiger partial charge in [-0.2, -0.15) is 5.10 Å². The molecule has 1 atom stereocenters. The monoisotopic (exact) mass is 328 g/mol. The largest absolute Gasteiger partial charge is 0.396 e. The van der Waals surface area contributed by atoms with E-state index in [1.54, 1.807) is 0 Å². The number of carbonyl (C=O) groups excluding carboxylic acids is 1. The van der Waals surface area contributed by atoms with Gasteiger partial charge in [0.1, 0.15) is 5.82 Å². The highest BCUT2D eigenvalue weighted by molar-refractivity contribution is 5.94. The molecule has 0 saturated carbocycles. The van der Waals surface area contributed by atoms with Gasteiger partial charge in [-0.1, -0.05) is 19.1 Å². The first-order chi connectivity index (χ1) is 11.7. The molecule has 2 N–H and O–H groups in total. The predicted molar refractivity (Wildman–Crippen MR) is 91.6 cm³/mol. The molecule has 0 bridgehead atoms. The Kier molecular flexibility index (Phi) is 5.25. The van der Waals surface area contributed by atoms with E-state index < -0.39 is 0 Å². The van der Waals surface area contributed by atoms with Crippen molar-refractivity contribution in [2.45, 2.75) is 45.1 Å². The van der Waals surface area contributed by atoms with Crippen LogP contribution in [0, 0.1) is 0 Å². The third-order valence-electron chi connectivity index (χ3n) is 4.61. The van der Waals surface area contributed by atoms with Crippen LogP contribution in [0.2, 0.25) is 0 Å². The van der Waals surface area contributed by atoms with Gasteiger partial charge in [0.25, 0.3) is 5.91 Å². The van der Waals surface area contributed by atoms with Gasteiger partial charge in [0.15, 0.2) is 5.82 Å². The zero-order valence-corrected chi connectivity index (χ0v) is 14.0. The Hall–Kier alpha value is -2.21. The summed E-state index contributed by atoms with van der Waals surface area (Å²) in [6.07, 6.45) is 4.59. The SMILES string of the molecule is CCc1nc(-c2ccc(C(=O)N3CCCCC3CCO)cc2)n[nH]1. The topological polar surface area (TPSA) is 82.1 Å². The number of likely N-dealkylation sites (tertiary alicyclic amines) is 1. The second-order valence-electron chi connectivity index (χ2n) is 6.20. The number of hydrogen-bond acceptors (Lipinski definition) is 4. The van der Waals surface area contributed by atoms with Crippen molar-refractivity contribution >= 4 is 5.91 Å². The molecule has 2 heterocycles. The Morgan fingerprint density at radius 1 is 1.33 bits per heavy atom. The van der Waals surface area contributed by atoms with E-state index in [2.05, 4.69) is 15.2 Å². The highest BCUT2D eigenvalue weighted by atomic mass is 16.3. The fourth-order valence-electron chi connectivity index (χ4n) is 3.23. The van der Waals surface area contributed by atoms with Crippen LogP contribution >= 0.6 is 0 Å². The molecule has 6 heteroatoms. The molecule has 0 radical (unpaired) electrons. The average molecular weight is 328 g/mol. The molecule has 24 heavy (non-hydrogen) atoms. The van der Waals surface area contributed by atoms with Crippen molar-refractivity contribution in [3.63, 3.8) is 0 Å². The number of piperidine rings is 1. The number of aromatic nitrogens is 3. The first-order valence-electron chi connectivity index (χ1n) is 8.66. The molecule has 1 aliphatic rings. The Labute approximate surface area is 141 Å². The number of benzene rings is 1. The highest BCUT2D eigenvalue weighted by Gasteiger charge is 2.27. The molecule has 1 saturated heterocycles. The van der Waals surface area contributed by atoms with E-state index in [0.717, 1.165) is 43.6 Å². The molecule has 6 nitrogen and oxygen atoms in total. The minimum atomic E-state index is 0.0453. The summed E-state index contributed by atoms with van der Waals surface area (Å²) in [6, 6.07) is 7.60. The molecule has 128 valence electrons. The lowest BCUT2D eigenvalue weighted by Crippen LogP contribution is -2.44. The standard InChI is InChI=1S/C18H24N4O2/c1-2-16-19-17(21-20-16)13-6-8-14(9-7-13)18(24)22-11-4-3-5-15(22)10-12-23/h6-9,15,23H,2-5,10-12H2,1H3,(H,19,20,21). The van der Waals surface area contributed by atoms with Gasteiger partial charge in [-0.3, -0.25) is 9.89 Å². The van der Waals surface area contributed by atoms with E-state index >= 15 is 0 Å². The molecule has 2 aromatic rings. The highest BCUT2D eigenvalue weighted by Crippen LogP contribution is 2.23. The van der Waals surface area contributed by atoms with Gasteiger partial charge < -0.3 is 10.0 Å². The number of aryl methyl sites for hydroxylation is 1. The van der Waals surface area contributed by atoms with E-state index in [9.17, 15) is 9.90 Å². The van der Waals surface area contributed by atoms with Crippen LogP contribution in [0.1, 0.15) is 48.8 Å². The van der Waals surface area contributed by atoms with Gasteiger partial charge in [0, 0.05) is 36.7 Å². The number of rotatable bonds is 5. The van der Waals surface area contributed by atoms with Crippen molar-refractivity contribution in [2.75, 3.05) is 13.2 Å². The van der Waals surface area contributed by atoms with Gasteiger partial charge in [0.05, 0.1) is 0 Å².